The van der Waals surface area contributed by atoms with E-state index in [9.17, 15) is 5.11 Å². The predicted octanol–water partition coefficient (Wildman–Crippen LogP) is 6.65. The molecule has 0 heterocycles. The van der Waals surface area contributed by atoms with Gasteiger partial charge in [-0.3, -0.25) is 0 Å². The van der Waals surface area contributed by atoms with Gasteiger partial charge in [-0.1, -0.05) is 36.4 Å². The lowest BCUT2D eigenvalue weighted by Crippen LogP contribution is -2.37. The lowest BCUT2D eigenvalue weighted by Gasteiger charge is -2.27. The minimum absolute atomic E-state index is 0.168. The molecule has 4 heteroatoms. The van der Waals surface area contributed by atoms with Crippen molar-refractivity contribution in [2.24, 2.45) is 0 Å². The van der Waals surface area contributed by atoms with Gasteiger partial charge in [0, 0.05) is 23.8 Å². The number of phenolic OH excluding ortho intramolecular Hbond substituents is 1. The molecule has 1 atom stereocenters. The van der Waals surface area contributed by atoms with E-state index in [1.807, 2.05) is 12.1 Å². The Morgan fingerprint density at radius 1 is 0.889 bits per heavy atom. The number of methoxy groups -OCH3 is 1. The van der Waals surface area contributed by atoms with Gasteiger partial charge in [-0.2, -0.15) is 0 Å². The van der Waals surface area contributed by atoms with E-state index in [1.165, 1.54) is 33.5 Å². The van der Waals surface area contributed by atoms with E-state index in [0.717, 1.165) is 57.4 Å². The van der Waals surface area contributed by atoms with E-state index < -0.39 is 0 Å². The van der Waals surface area contributed by atoms with E-state index in [1.54, 1.807) is 7.11 Å². The Morgan fingerprint density at radius 2 is 1.64 bits per heavy atom. The molecule has 3 aromatic rings. The third kappa shape index (κ3) is 7.27. The van der Waals surface area contributed by atoms with Crippen molar-refractivity contribution in [3.8, 4) is 11.5 Å². The van der Waals surface area contributed by atoms with E-state index >= 15 is 0 Å². The number of rotatable bonds is 10. The molecule has 0 unspecified atom stereocenters. The molecule has 4 rings (SSSR count). The molecule has 1 aliphatic carbocycles. The zero-order valence-electron chi connectivity index (χ0n) is 22.4. The van der Waals surface area contributed by atoms with Crippen LogP contribution in [0.5, 0.6) is 11.5 Å². The van der Waals surface area contributed by atoms with E-state index in [0.29, 0.717) is 11.7 Å². The van der Waals surface area contributed by atoms with Crippen molar-refractivity contribution in [3.05, 3.63) is 88.5 Å². The van der Waals surface area contributed by atoms with Crippen molar-refractivity contribution < 1.29 is 9.84 Å². The fourth-order valence-corrected chi connectivity index (χ4v) is 5.15. The van der Waals surface area contributed by atoms with Crippen molar-refractivity contribution in [2.45, 2.75) is 70.8 Å². The molecule has 0 saturated carbocycles. The summed E-state index contributed by atoms with van der Waals surface area (Å²) < 4.78 is 5.53. The van der Waals surface area contributed by atoms with Gasteiger partial charge in [-0.15, -0.1) is 0 Å². The normalized spacial score (nSPS) is 15.4. The number of nitrogens with one attached hydrogen (secondary N) is 2. The van der Waals surface area contributed by atoms with Crippen LogP contribution in [-0.4, -0.2) is 30.8 Å². The molecule has 0 aromatic heterocycles. The number of hydrogen-bond donors (Lipinski definition) is 3. The summed E-state index contributed by atoms with van der Waals surface area (Å²) in [6, 6.07) is 21.4. The molecule has 36 heavy (non-hydrogen) atoms. The topological polar surface area (TPSA) is 53.5 Å². The van der Waals surface area contributed by atoms with Gasteiger partial charge in [0.2, 0.25) is 0 Å². The Labute approximate surface area is 217 Å². The van der Waals surface area contributed by atoms with E-state index in [4.69, 9.17) is 4.74 Å². The predicted molar refractivity (Wildman–Crippen MR) is 151 cm³/mol. The highest BCUT2D eigenvalue weighted by molar-refractivity contribution is 5.57. The first-order chi connectivity index (χ1) is 17.3. The van der Waals surface area contributed by atoms with Crippen LogP contribution >= 0.6 is 0 Å². The van der Waals surface area contributed by atoms with Crippen LogP contribution in [0.15, 0.2) is 60.7 Å². The van der Waals surface area contributed by atoms with Crippen LogP contribution in [0.25, 0.3) is 0 Å². The summed E-state index contributed by atoms with van der Waals surface area (Å²) in [5.41, 5.74) is 8.13. The van der Waals surface area contributed by atoms with Gasteiger partial charge in [0.15, 0.2) is 0 Å². The Kier molecular flexibility index (Phi) is 8.58. The van der Waals surface area contributed by atoms with Gasteiger partial charge in [-0.25, -0.2) is 0 Å². The van der Waals surface area contributed by atoms with E-state index in [2.05, 4.69) is 79.9 Å². The molecular formula is C32H42N2O2. The van der Waals surface area contributed by atoms with Gasteiger partial charge in [0.25, 0.3) is 0 Å². The standard InChI is InChI=1S/C32H42N2O2/c1-32(2,3)34-19-17-24-9-7-23(8-10-24)6-5-18-33-31-22-29(36-4)15-16-30(31)27-12-11-26-21-28(35)14-13-25(26)20-27/h7-10,13-16,21-22,27,33-35H,5-6,11-12,17-20H2,1-4H3/t27-/m1/s1. The molecule has 3 N–H and O–H groups in total. The quantitative estimate of drug-likeness (QED) is 0.281. The number of aromatic hydroxyl groups is 1. The Bertz CT molecular complexity index is 1130. The summed E-state index contributed by atoms with van der Waals surface area (Å²) in [6.07, 6.45) is 6.30. The number of phenols is 1. The molecule has 4 nitrogen and oxygen atoms in total. The Balaban J connectivity index is 1.32. The second kappa shape index (κ2) is 11.8. The Hall–Kier alpha value is -2.98. The van der Waals surface area contributed by atoms with Gasteiger partial charge < -0.3 is 20.5 Å². The molecule has 0 radical (unpaired) electrons. The van der Waals surface area contributed by atoms with Crippen LogP contribution in [0.1, 0.15) is 67.3 Å². The zero-order chi connectivity index (χ0) is 25.5. The third-order valence-corrected chi connectivity index (χ3v) is 7.17. The summed E-state index contributed by atoms with van der Waals surface area (Å²) in [5, 5.41) is 17.1. The maximum absolute atomic E-state index is 9.82. The largest absolute Gasteiger partial charge is 0.508 e. The van der Waals surface area contributed by atoms with Gasteiger partial charge in [-0.05, 0) is 118 Å². The molecular weight excluding hydrogens is 444 g/mol. The average molecular weight is 487 g/mol. The molecule has 3 aromatic carbocycles. The van der Waals surface area contributed by atoms with Gasteiger partial charge in [0.05, 0.1) is 7.11 Å². The summed E-state index contributed by atoms with van der Waals surface area (Å²) in [6.45, 7) is 8.55. The molecule has 0 aliphatic heterocycles. The van der Waals surface area contributed by atoms with E-state index in [-0.39, 0.29) is 5.54 Å². The minimum Gasteiger partial charge on any atom is -0.508 e. The van der Waals surface area contributed by atoms with Crippen molar-refractivity contribution >= 4 is 5.69 Å². The van der Waals surface area contributed by atoms with Crippen LogP contribution < -0.4 is 15.4 Å². The third-order valence-electron chi connectivity index (χ3n) is 7.17. The lowest BCUT2D eigenvalue weighted by molar-refractivity contribution is 0.414. The number of ether oxygens (including phenoxy) is 1. The van der Waals surface area contributed by atoms with Crippen molar-refractivity contribution in [3.63, 3.8) is 0 Å². The molecule has 0 bridgehead atoms. The number of aryl methyl sites for hydroxylation is 2. The van der Waals surface area contributed by atoms with Gasteiger partial charge in [0.1, 0.15) is 11.5 Å². The Morgan fingerprint density at radius 3 is 2.36 bits per heavy atom. The highest BCUT2D eigenvalue weighted by Gasteiger charge is 2.23. The highest BCUT2D eigenvalue weighted by atomic mass is 16.5. The lowest BCUT2D eigenvalue weighted by atomic mass is 9.79. The summed E-state index contributed by atoms with van der Waals surface area (Å²) in [4.78, 5) is 0. The maximum atomic E-state index is 9.82. The summed E-state index contributed by atoms with van der Waals surface area (Å²) in [7, 11) is 1.73. The van der Waals surface area contributed by atoms with Crippen LogP contribution in [-0.2, 0) is 25.7 Å². The second-order valence-electron chi connectivity index (χ2n) is 11.1. The monoisotopic (exact) mass is 486 g/mol. The highest BCUT2D eigenvalue weighted by Crippen LogP contribution is 2.38. The zero-order valence-corrected chi connectivity index (χ0v) is 22.4. The SMILES string of the molecule is COc1ccc([C@@H]2CCc3cc(O)ccc3C2)c(NCCCc2ccc(CCNC(C)(C)C)cc2)c1. The van der Waals surface area contributed by atoms with Crippen LogP contribution in [0.4, 0.5) is 5.69 Å². The summed E-state index contributed by atoms with van der Waals surface area (Å²) >= 11 is 0. The average Bonchev–Trinajstić information content (AvgIpc) is 2.86. The van der Waals surface area contributed by atoms with Crippen LogP contribution in [0.3, 0.4) is 0 Å². The molecule has 0 spiro atoms. The first kappa shape index (κ1) is 26.1. The fourth-order valence-electron chi connectivity index (χ4n) is 5.15. The number of fused-ring (bicyclic) bond motifs is 1. The first-order valence-corrected chi connectivity index (χ1v) is 13.4. The smallest absolute Gasteiger partial charge is 0.120 e. The summed E-state index contributed by atoms with van der Waals surface area (Å²) in [5.74, 6) is 1.72. The maximum Gasteiger partial charge on any atom is 0.120 e. The number of hydrogen-bond acceptors (Lipinski definition) is 4. The van der Waals surface area contributed by atoms with Crippen LogP contribution in [0, 0.1) is 0 Å². The molecule has 1 aliphatic rings. The van der Waals surface area contributed by atoms with Crippen molar-refractivity contribution in [2.75, 3.05) is 25.5 Å². The fraction of sp³-hybridized carbons (Fsp3) is 0.438. The molecule has 0 saturated heterocycles. The van der Waals surface area contributed by atoms with Gasteiger partial charge >= 0.3 is 0 Å². The number of benzene rings is 3. The minimum atomic E-state index is 0.168. The van der Waals surface area contributed by atoms with Crippen LogP contribution in [0.2, 0.25) is 0 Å². The molecule has 0 fully saturated rings. The first-order valence-electron chi connectivity index (χ1n) is 13.4. The van der Waals surface area contributed by atoms with Crippen molar-refractivity contribution in [1.82, 2.24) is 5.32 Å². The molecule has 0 amide bonds. The van der Waals surface area contributed by atoms with Crippen molar-refractivity contribution in [1.29, 1.82) is 0 Å². The number of anilines is 1. The second-order valence-corrected chi connectivity index (χ2v) is 11.1. The molecule has 192 valence electrons.